The van der Waals surface area contributed by atoms with Gasteiger partial charge in [0.25, 0.3) is 0 Å². The molecule has 0 heterocycles. The largest absolute Gasteiger partial charge is 0.416 e. The maximum atomic E-state index is 12.8. The summed E-state index contributed by atoms with van der Waals surface area (Å²) in [5.41, 5.74) is 2.22. The standard InChI is InChI=1S/C21H25F3O2S/c1-15-13-17(11-12-19(15)21(22,23)24)8-5-16-6-9-18(10-7-16)14-27(25,26)20(2,3)4/h6-7,9-13H,5,8,14H2,1-4H3. The highest BCUT2D eigenvalue weighted by molar-refractivity contribution is 7.91. The zero-order valence-electron chi connectivity index (χ0n) is 16.0. The van der Waals surface area contributed by atoms with Crippen molar-refractivity contribution in [2.75, 3.05) is 0 Å². The second kappa shape index (κ2) is 7.66. The van der Waals surface area contributed by atoms with Gasteiger partial charge in [-0.1, -0.05) is 36.4 Å². The van der Waals surface area contributed by atoms with Gasteiger partial charge in [0.2, 0.25) is 0 Å². The molecular formula is C21H25F3O2S. The molecule has 0 aliphatic carbocycles. The Balaban J connectivity index is 2.03. The fourth-order valence-electron chi connectivity index (χ4n) is 2.73. The first-order chi connectivity index (χ1) is 12.3. The van der Waals surface area contributed by atoms with Gasteiger partial charge in [-0.3, -0.25) is 0 Å². The molecule has 2 rings (SSSR count). The van der Waals surface area contributed by atoms with Crippen molar-refractivity contribution in [1.29, 1.82) is 0 Å². The SMILES string of the molecule is Cc1cc(CCc2ccc(CS(=O)(=O)C(C)(C)C)cc2)ccc1C(F)(F)F. The van der Waals surface area contributed by atoms with Crippen LogP contribution < -0.4 is 0 Å². The summed E-state index contributed by atoms with van der Waals surface area (Å²) < 4.78 is 62.2. The average molecular weight is 398 g/mol. The van der Waals surface area contributed by atoms with Gasteiger partial charge in [0, 0.05) is 0 Å². The zero-order chi connectivity index (χ0) is 20.5. The third kappa shape index (κ3) is 5.58. The predicted molar refractivity (Wildman–Crippen MR) is 102 cm³/mol. The van der Waals surface area contributed by atoms with Crippen LogP contribution >= 0.6 is 0 Å². The zero-order valence-corrected chi connectivity index (χ0v) is 16.8. The first-order valence-electron chi connectivity index (χ1n) is 8.76. The van der Waals surface area contributed by atoms with Gasteiger partial charge in [-0.05, 0) is 68.9 Å². The lowest BCUT2D eigenvalue weighted by atomic mass is 9.99. The molecule has 2 aromatic rings. The lowest BCUT2D eigenvalue weighted by Crippen LogP contribution is -2.29. The summed E-state index contributed by atoms with van der Waals surface area (Å²) in [4.78, 5) is 0. The van der Waals surface area contributed by atoms with E-state index in [1.165, 1.54) is 13.0 Å². The van der Waals surface area contributed by atoms with E-state index in [0.29, 0.717) is 12.8 Å². The molecule has 0 atom stereocenters. The molecule has 6 heteroatoms. The van der Waals surface area contributed by atoms with Crippen molar-refractivity contribution in [1.82, 2.24) is 0 Å². The van der Waals surface area contributed by atoms with E-state index in [9.17, 15) is 21.6 Å². The van der Waals surface area contributed by atoms with Crippen molar-refractivity contribution < 1.29 is 21.6 Å². The van der Waals surface area contributed by atoms with Gasteiger partial charge in [0.05, 0.1) is 16.1 Å². The highest BCUT2D eigenvalue weighted by atomic mass is 32.2. The molecule has 0 radical (unpaired) electrons. The molecule has 0 saturated carbocycles. The summed E-state index contributed by atoms with van der Waals surface area (Å²) in [6, 6.07) is 11.6. The number of halogens is 3. The second-order valence-electron chi connectivity index (χ2n) is 7.83. The van der Waals surface area contributed by atoms with Crippen LogP contribution in [-0.2, 0) is 34.6 Å². The maximum Gasteiger partial charge on any atom is 0.416 e. The summed E-state index contributed by atoms with van der Waals surface area (Å²) in [7, 11) is -3.23. The number of benzene rings is 2. The van der Waals surface area contributed by atoms with Crippen LogP contribution in [0.5, 0.6) is 0 Å². The van der Waals surface area contributed by atoms with E-state index < -0.39 is 26.3 Å². The number of hydrogen-bond donors (Lipinski definition) is 0. The number of rotatable bonds is 5. The monoisotopic (exact) mass is 398 g/mol. The van der Waals surface area contributed by atoms with Gasteiger partial charge >= 0.3 is 6.18 Å². The quantitative estimate of drug-likeness (QED) is 0.665. The van der Waals surface area contributed by atoms with Crippen molar-refractivity contribution >= 4 is 9.84 Å². The Kier molecular flexibility index (Phi) is 6.10. The summed E-state index contributed by atoms with van der Waals surface area (Å²) >= 11 is 0. The van der Waals surface area contributed by atoms with Crippen LogP contribution in [0.15, 0.2) is 42.5 Å². The Bertz CT molecular complexity index is 891. The molecule has 27 heavy (non-hydrogen) atoms. The van der Waals surface area contributed by atoms with Gasteiger partial charge in [-0.15, -0.1) is 0 Å². The Labute approximate surface area is 159 Å². The molecule has 0 fully saturated rings. The summed E-state index contributed by atoms with van der Waals surface area (Å²) in [6.07, 6.45) is -3.03. The van der Waals surface area contributed by atoms with E-state index in [2.05, 4.69) is 0 Å². The van der Waals surface area contributed by atoms with E-state index in [1.807, 2.05) is 12.1 Å². The molecule has 0 aromatic heterocycles. The van der Waals surface area contributed by atoms with Crippen LogP contribution in [0.2, 0.25) is 0 Å². The Morgan fingerprint density at radius 2 is 1.30 bits per heavy atom. The van der Waals surface area contributed by atoms with E-state index in [0.717, 1.165) is 22.8 Å². The summed E-state index contributed by atoms with van der Waals surface area (Å²) in [5.74, 6) is -0.00508. The fourth-order valence-corrected chi connectivity index (χ4v) is 3.79. The number of aryl methyl sites for hydroxylation is 3. The lowest BCUT2D eigenvalue weighted by Gasteiger charge is -2.19. The van der Waals surface area contributed by atoms with Crippen LogP contribution in [0.3, 0.4) is 0 Å². The van der Waals surface area contributed by atoms with Crippen LogP contribution in [-0.4, -0.2) is 13.2 Å². The molecule has 0 N–H and O–H groups in total. The van der Waals surface area contributed by atoms with Crippen LogP contribution in [0.1, 0.15) is 48.6 Å². The second-order valence-corrected chi connectivity index (χ2v) is 10.6. The summed E-state index contributed by atoms with van der Waals surface area (Å²) in [6.45, 7) is 6.52. The number of hydrogen-bond acceptors (Lipinski definition) is 2. The highest BCUT2D eigenvalue weighted by Crippen LogP contribution is 2.32. The molecule has 0 bridgehead atoms. The van der Waals surface area contributed by atoms with Crippen molar-refractivity contribution in [3.63, 3.8) is 0 Å². The molecule has 0 spiro atoms. The highest BCUT2D eigenvalue weighted by Gasteiger charge is 2.32. The Morgan fingerprint density at radius 1 is 0.815 bits per heavy atom. The smallest absolute Gasteiger partial charge is 0.228 e. The average Bonchev–Trinajstić information content (AvgIpc) is 2.51. The Hall–Kier alpha value is -1.82. The number of alkyl halides is 3. The molecule has 2 nitrogen and oxygen atoms in total. The van der Waals surface area contributed by atoms with E-state index in [-0.39, 0.29) is 11.3 Å². The van der Waals surface area contributed by atoms with Gasteiger partial charge in [-0.2, -0.15) is 13.2 Å². The fraction of sp³-hybridized carbons (Fsp3) is 0.429. The van der Waals surface area contributed by atoms with Crippen LogP contribution in [0.4, 0.5) is 13.2 Å². The van der Waals surface area contributed by atoms with Crippen LogP contribution in [0.25, 0.3) is 0 Å². The maximum absolute atomic E-state index is 12.8. The summed E-state index contributed by atoms with van der Waals surface area (Å²) in [5, 5.41) is 0. The van der Waals surface area contributed by atoms with Gasteiger partial charge in [-0.25, -0.2) is 8.42 Å². The molecule has 0 unspecified atom stereocenters. The molecule has 0 saturated heterocycles. The van der Waals surface area contributed by atoms with Crippen molar-refractivity contribution in [3.05, 3.63) is 70.3 Å². The van der Waals surface area contributed by atoms with Crippen molar-refractivity contribution in [3.8, 4) is 0 Å². The topological polar surface area (TPSA) is 34.1 Å². The third-order valence-corrected chi connectivity index (χ3v) is 7.19. The van der Waals surface area contributed by atoms with Gasteiger partial charge < -0.3 is 0 Å². The molecule has 0 aliphatic rings. The minimum Gasteiger partial charge on any atom is -0.228 e. The predicted octanol–water partition coefficient (Wildman–Crippen LogP) is 5.51. The first kappa shape index (κ1) is 21.5. The number of sulfone groups is 1. The molecule has 2 aromatic carbocycles. The molecule has 148 valence electrons. The van der Waals surface area contributed by atoms with Crippen LogP contribution in [0, 0.1) is 6.92 Å². The minimum atomic E-state index is -4.33. The van der Waals surface area contributed by atoms with Crippen molar-refractivity contribution in [2.45, 2.75) is 57.2 Å². The van der Waals surface area contributed by atoms with Gasteiger partial charge in [0.1, 0.15) is 0 Å². The van der Waals surface area contributed by atoms with E-state index >= 15 is 0 Å². The molecular weight excluding hydrogens is 373 g/mol. The normalized spacial score (nSPS) is 13.0. The Morgan fingerprint density at radius 3 is 1.78 bits per heavy atom. The minimum absolute atomic E-state index is 0.00508. The van der Waals surface area contributed by atoms with Gasteiger partial charge in [0.15, 0.2) is 9.84 Å². The first-order valence-corrected chi connectivity index (χ1v) is 10.4. The van der Waals surface area contributed by atoms with E-state index in [4.69, 9.17) is 0 Å². The molecule has 0 amide bonds. The molecule has 0 aliphatic heterocycles. The third-order valence-electron chi connectivity index (χ3n) is 4.61. The lowest BCUT2D eigenvalue weighted by molar-refractivity contribution is -0.138. The van der Waals surface area contributed by atoms with E-state index in [1.54, 1.807) is 39.0 Å². The van der Waals surface area contributed by atoms with Crippen molar-refractivity contribution in [2.24, 2.45) is 0 Å².